The summed E-state index contributed by atoms with van der Waals surface area (Å²) in [6.07, 6.45) is 1.56. The van der Waals surface area contributed by atoms with E-state index in [2.05, 4.69) is 5.32 Å². The molecule has 3 aromatic rings. The molecule has 0 aromatic heterocycles. The first kappa shape index (κ1) is 22.8. The molecule has 5 nitrogen and oxygen atoms in total. The maximum Gasteiger partial charge on any atom is 0.264 e. The minimum atomic E-state index is -3.87. The Kier molecular flexibility index (Phi) is 7.03. The van der Waals surface area contributed by atoms with Gasteiger partial charge in [0.1, 0.15) is 0 Å². The largest absolute Gasteiger partial charge is 0.321 e. The fourth-order valence-electron chi connectivity index (χ4n) is 3.36. The topological polar surface area (TPSA) is 66.5 Å². The molecule has 31 heavy (non-hydrogen) atoms. The lowest BCUT2D eigenvalue weighted by Gasteiger charge is -2.20. The third-order valence-electron chi connectivity index (χ3n) is 5.16. The number of hydrogen-bond donors (Lipinski definition) is 1. The van der Waals surface area contributed by atoms with Gasteiger partial charge in [0.15, 0.2) is 0 Å². The van der Waals surface area contributed by atoms with Crippen molar-refractivity contribution >= 4 is 38.9 Å². The standard InChI is InChI=1S/C24H25ClN2O3S/c1-4-17-9-6-10-18(5-2)23(17)26-24(28)19-11-7-14-22(15-19)31(29,30)27(3)21-13-8-12-20(25)16-21/h6-16H,4-5H2,1-3H3,(H,26,28). The Morgan fingerprint density at radius 1 is 0.935 bits per heavy atom. The lowest BCUT2D eigenvalue weighted by atomic mass is 10.0. The molecule has 0 heterocycles. The van der Waals surface area contributed by atoms with Gasteiger partial charge in [-0.15, -0.1) is 0 Å². The molecule has 7 heteroatoms. The summed E-state index contributed by atoms with van der Waals surface area (Å²) in [6, 6.07) is 18.6. The van der Waals surface area contributed by atoms with Crippen LogP contribution in [0.3, 0.4) is 0 Å². The fraction of sp³-hybridized carbons (Fsp3) is 0.208. The molecule has 0 unspecified atom stereocenters. The average Bonchev–Trinajstić information content (AvgIpc) is 2.78. The Labute approximate surface area is 188 Å². The summed E-state index contributed by atoms with van der Waals surface area (Å²) in [5.74, 6) is -0.349. The summed E-state index contributed by atoms with van der Waals surface area (Å²) in [4.78, 5) is 13.0. The number of amides is 1. The Morgan fingerprint density at radius 3 is 2.16 bits per heavy atom. The molecule has 0 bridgehead atoms. The number of benzene rings is 3. The SMILES string of the molecule is CCc1cccc(CC)c1NC(=O)c1cccc(S(=O)(=O)N(C)c2cccc(Cl)c2)c1. The van der Waals surface area contributed by atoms with Crippen molar-refractivity contribution in [1.82, 2.24) is 0 Å². The minimum Gasteiger partial charge on any atom is -0.321 e. The van der Waals surface area contributed by atoms with Gasteiger partial charge in [0.25, 0.3) is 15.9 Å². The number of sulfonamides is 1. The maximum absolute atomic E-state index is 13.1. The third kappa shape index (κ3) is 4.92. The second-order valence-electron chi connectivity index (χ2n) is 7.09. The number of anilines is 2. The molecule has 0 spiro atoms. The Morgan fingerprint density at radius 2 is 1.55 bits per heavy atom. The Hall–Kier alpha value is -2.83. The number of nitrogens with one attached hydrogen (secondary N) is 1. The molecule has 0 aliphatic heterocycles. The summed E-state index contributed by atoms with van der Waals surface area (Å²) >= 11 is 6.00. The zero-order valence-electron chi connectivity index (χ0n) is 17.7. The highest BCUT2D eigenvalue weighted by atomic mass is 35.5. The quantitative estimate of drug-likeness (QED) is 0.507. The van der Waals surface area contributed by atoms with Gasteiger partial charge in [0.2, 0.25) is 0 Å². The van der Waals surface area contributed by atoms with Crippen LogP contribution in [0, 0.1) is 0 Å². The molecule has 0 saturated carbocycles. The number of carbonyl (C=O) groups is 1. The van der Waals surface area contributed by atoms with Crippen molar-refractivity contribution in [3.05, 3.63) is 88.4 Å². The van der Waals surface area contributed by atoms with E-state index in [4.69, 9.17) is 11.6 Å². The van der Waals surface area contributed by atoms with Crippen molar-refractivity contribution in [2.75, 3.05) is 16.7 Å². The van der Waals surface area contributed by atoms with Crippen LogP contribution >= 0.6 is 11.6 Å². The van der Waals surface area contributed by atoms with Gasteiger partial charge in [0, 0.05) is 23.3 Å². The van der Waals surface area contributed by atoms with E-state index in [1.54, 1.807) is 36.4 Å². The van der Waals surface area contributed by atoms with E-state index in [9.17, 15) is 13.2 Å². The summed E-state index contributed by atoms with van der Waals surface area (Å²) in [5, 5.41) is 3.42. The molecule has 3 aromatic carbocycles. The number of nitrogens with zero attached hydrogens (tertiary/aromatic N) is 1. The predicted octanol–water partition coefficient (Wildman–Crippen LogP) is 5.54. The van der Waals surface area contributed by atoms with Gasteiger partial charge in [0.05, 0.1) is 10.6 Å². The molecule has 0 aliphatic carbocycles. The van der Waals surface area contributed by atoms with Crippen molar-refractivity contribution < 1.29 is 13.2 Å². The highest BCUT2D eigenvalue weighted by Crippen LogP contribution is 2.26. The smallest absolute Gasteiger partial charge is 0.264 e. The third-order valence-corrected chi connectivity index (χ3v) is 7.18. The van der Waals surface area contributed by atoms with Crippen molar-refractivity contribution in [3.8, 4) is 0 Å². The van der Waals surface area contributed by atoms with Crippen LogP contribution in [-0.2, 0) is 22.9 Å². The molecule has 1 N–H and O–H groups in total. The lowest BCUT2D eigenvalue weighted by molar-refractivity contribution is 0.102. The number of aryl methyl sites for hydroxylation is 2. The molecule has 0 atom stereocenters. The van der Waals surface area contributed by atoms with E-state index in [1.165, 1.54) is 19.2 Å². The van der Waals surface area contributed by atoms with E-state index in [-0.39, 0.29) is 16.4 Å². The first-order chi connectivity index (χ1) is 14.8. The van der Waals surface area contributed by atoms with Crippen LogP contribution in [0.15, 0.2) is 71.6 Å². The Bertz CT molecular complexity index is 1190. The number of para-hydroxylation sites is 1. The summed E-state index contributed by atoms with van der Waals surface area (Å²) < 4.78 is 27.4. The van der Waals surface area contributed by atoms with Crippen molar-refractivity contribution in [2.45, 2.75) is 31.6 Å². The summed E-state index contributed by atoms with van der Waals surface area (Å²) in [7, 11) is -2.41. The van der Waals surface area contributed by atoms with Crippen LogP contribution in [-0.4, -0.2) is 21.4 Å². The van der Waals surface area contributed by atoms with Crippen molar-refractivity contribution in [2.24, 2.45) is 0 Å². The first-order valence-corrected chi connectivity index (χ1v) is 11.9. The molecule has 3 rings (SSSR count). The number of rotatable bonds is 7. The van der Waals surface area contributed by atoms with Gasteiger partial charge < -0.3 is 5.32 Å². The summed E-state index contributed by atoms with van der Waals surface area (Å²) in [5.41, 5.74) is 3.58. The predicted molar refractivity (Wildman–Crippen MR) is 127 cm³/mol. The van der Waals surface area contributed by atoms with Gasteiger partial charge in [-0.05, 0) is 60.4 Å². The highest BCUT2D eigenvalue weighted by Gasteiger charge is 2.23. The fourth-order valence-corrected chi connectivity index (χ4v) is 4.77. The molecular weight excluding hydrogens is 432 g/mol. The molecular formula is C24H25ClN2O3S. The molecule has 1 amide bonds. The Balaban J connectivity index is 1.92. The zero-order valence-corrected chi connectivity index (χ0v) is 19.3. The second kappa shape index (κ2) is 9.54. The highest BCUT2D eigenvalue weighted by molar-refractivity contribution is 7.92. The van der Waals surface area contributed by atoms with Crippen LogP contribution in [0.2, 0.25) is 5.02 Å². The van der Waals surface area contributed by atoms with E-state index < -0.39 is 10.0 Å². The van der Waals surface area contributed by atoms with E-state index >= 15 is 0 Å². The summed E-state index contributed by atoms with van der Waals surface area (Å²) in [6.45, 7) is 4.06. The van der Waals surface area contributed by atoms with Crippen molar-refractivity contribution in [1.29, 1.82) is 0 Å². The number of halogens is 1. The zero-order chi connectivity index (χ0) is 22.6. The van der Waals surface area contributed by atoms with Gasteiger partial charge in [-0.25, -0.2) is 8.42 Å². The van der Waals surface area contributed by atoms with Crippen LogP contribution in [0.4, 0.5) is 11.4 Å². The number of hydrogen-bond acceptors (Lipinski definition) is 3. The van der Waals surface area contributed by atoms with E-state index in [0.29, 0.717) is 10.7 Å². The lowest BCUT2D eigenvalue weighted by Crippen LogP contribution is -2.27. The van der Waals surface area contributed by atoms with Gasteiger partial charge >= 0.3 is 0 Å². The molecule has 0 fully saturated rings. The number of carbonyl (C=O) groups excluding carboxylic acids is 1. The average molecular weight is 457 g/mol. The van der Waals surface area contributed by atoms with E-state index in [1.807, 2.05) is 32.0 Å². The molecule has 0 radical (unpaired) electrons. The maximum atomic E-state index is 13.1. The molecule has 0 saturated heterocycles. The monoisotopic (exact) mass is 456 g/mol. The van der Waals surface area contributed by atoms with E-state index in [0.717, 1.165) is 34.0 Å². The van der Waals surface area contributed by atoms with Gasteiger partial charge in [-0.3, -0.25) is 9.10 Å². The molecule has 0 aliphatic rings. The van der Waals surface area contributed by atoms with Crippen LogP contribution in [0.1, 0.15) is 35.3 Å². The van der Waals surface area contributed by atoms with Crippen molar-refractivity contribution in [3.63, 3.8) is 0 Å². The first-order valence-electron chi connectivity index (χ1n) is 10.0. The molecule has 162 valence electrons. The normalized spacial score (nSPS) is 11.2. The van der Waals surface area contributed by atoms with Crippen LogP contribution < -0.4 is 9.62 Å². The van der Waals surface area contributed by atoms with Crippen LogP contribution in [0.25, 0.3) is 0 Å². The minimum absolute atomic E-state index is 0.0297. The second-order valence-corrected chi connectivity index (χ2v) is 9.50. The van der Waals surface area contributed by atoms with Gasteiger partial charge in [-0.1, -0.05) is 55.8 Å². The van der Waals surface area contributed by atoms with Gasteiger partial charge in [-0.2, -0.15) is 0 Å². The van der Waals surface area contributed by atoms with Crippen LogP contribution in [0.5, 0.6) is 0 Å².